The molecule has 0 spiro atoms. The maximum Gasteiger partial charge on any atom is 0.239 e. The van der Waals surface area contributed by atoms with Gasteiger partial charge >= 0.3 is 0 Å². The van der Waals surface area contributed by atoms with Gasteiger partial charge < -0.3 is 10.6 Å². The zero-order chi connectivity index (χ0) is 11.5. The van der Waals surface area contributed by atoms with E-state index in [0.29, 0.717) is 6.04 Å². The van der Waals surface area contributed by atoms with Gasteiger partial charge in [-0.05, 0) is 25.8 Å². The molecule has 0 saturated carbocycles. The zero-order valence-electron chi connectivity index (χ0n) is 9.54. The van der Waals surface area contributed by atoms with Crippen LogP contribution >= 0.6 is 0 Å². The molecule has 1 saturated heterocycles. The molecule has 1 amide bonds. The minimum Gasteiger partial charge on any atom is -0.339 e. The Morgan fingerprint density at radius 3 is 3.06 bits per heavy atom. The Labute approximate surface area is 95.2 Å². The van der Waals surface area contributed by atoms with E-state index in [1.54, 1.807) is 13.1 Å². The molecule has 1 aromatic heterocycles. The number of rotatable bonds is 2. The molecule has 1 aliphatic heterocycles. The van der Waals surface area contributed by atoms with Crippen molar-refractivity contribution in [1.29, 1.82) is 0 Å². The number of aromatic nitrogens is 2. The molecule has 1 aliphatic rings. The first-order chi connectivity index (χ1) is 7.68. The summed E-state index contributed by atoms with van der Waals surface area (Å²) in [6.45, 7) is 3.28. The van der Waals surface area contributed by atoms with Crippen LogP contribution in [0.4, 0.5) is 0 Å². The van der Waals surface area contributed by atoms with Crippen molar-refractivity contribution in [2.45, 2.75) is 31.8 Å². The third-order valence-electron chi connectivity index (χ3n) is 3.00. The molecule has 5 nitrogen and oxygen atoms in total. The summed E-state index contributed by atoms with van der Waals surface area (Å²) in [5, 5.41) is 4.23. The van der Waals surface area contributed by atoms with Crippen molar-refractivity contribution >= 4 is 5.91 Å². The van der Waals surface area contributed by atoms with Crippen molar-refractivity contribution in [2.75, 3.05) is 13.1 Å². The average molecular weight is 222 g/mol. The van der Waals surface area contributed by atoms with E-state index in [2.05, 4.69) is 5.10 Å². The molecule has 88 valence electrons. The maximum atomic E-state index is 11.8. The molecule has 1 aromatic rings. The lowest BCUT2D eigenvalue weighted by atomic mass is 10.1. The van der Waals surface area contributed by atoms with E-state index in [0.717, 1.165) is 25.9 Å². The van der Waals surface area contributed by atoms with Crippen LogP contribution in [-0.2, 0) is 4.79 Å². The monoisotopic (exact) mass is 222 g/mol. The van der Waals surface area contributed by atoms with Gasteiger partial charge in [0.1, 0.15) is 0 Å². The number of nitrogens with zero attached hydrogens (tertiary/aromatic N) is 3. The highest BCUT2D eigenvalue weighted by atomic mass is 16.2. The largest absolute Gasteiger partial charge is 0.339 e. The van der Waals surface area contributed by atoms with Crippen LogP contribution in [0, 0.1) is 0 Å². The van der Waals surface area contributed by atoms with Gasteiger partial charge in [-0.2, -0.15) is 5.10 Å². The summed E-state index contributed by atoms with van der Waals surface area (Å²) in [6.07, 6.45) is 5.81. The number of likely N-dealkylation sites (tertiary alicyclic amines) is 1. The van der Waals surface area contributed by atoms with Crippen LogP contribution < -0.4 is 5.73 Å². The van der Waals surface area contributed by atoms with Crippen molar-refractivity contribution in [3.63, 3.8) is 0 Å². The van der Waals surface area contributed by atoms with Crippen LogP contribution in [0.2, 0.25) is 0 Å². The molecule has 0 radical (unpaired) electrons. The van der Waals surface area contributed by atoms with Gasteiger partial charge in [0.25, 0.3) is 0 Å². The van der Waals surface area contributed by atoms with E-state index in [9.17, 15) is 4.79 Å². The molecule has 1 unspecified atom stereocenters. The molecule has 5 heteroatoms. The predicted molar refractivity (Wildman–Crippen MR) is 60.7 cm³/mol. The van der Waals surface area contributed by atoms with Crippen molar-refractivity contribution in [3.05, 3.63) is 18.5 Å². The van der Waals surface area contributed by atoms with Crippen LogP contribution in [0.15, 0.2) is 18.5 Å². The molecule has 0 aliphatic carbocycles. The van der Waals surface area contributed by atoms with E-state index in [1.807, 2.05) is 21.8 Å². The number of hydrogen-bond acceptors (Lipinski definition) is 3. The topological polar surface area (TPSA) is 64.2 Å². The summed E-state index contributed by atoms with van der Waals surface area (Å²) in [5.41, 5.74) is 5.62. The SMILES string of the molecule is C[C@@H](N)C(=O)N1CCCC(n2cccn2)C1. The fourth-order valence-electron chi connectivity index (χ4n) is 2.16. The summed E-state index contributed by atoms with van der Waals surface area (Å²) < 4.78 is 1.93. The van der Waals surface area contributed by atoms with E-state index in [-0.39, 0.29) is 5.91 Å². The highest BCUT2D eigenvalue weighted by molar-refractivity contribution is 5.81. The molecule has 0 aromatic carbocycles. The standard InChI is InChI=1S/C11H18N4O/c1-9(12)11(16)14-6-2-4-10(8-14)15-7-3-5-13-15/h3,5,7,9-10H,2,4,6,8,12H2,1H3/t9-,10?/m1/s1. The second-order valence-corrected chi connectivity index (χ2v) is 4.36. The highest BCUT2D eigenvalue weighted by Gasteiger charge is 2.26. The van der Waals surface area contributed by atoms with Gasteiger partial charge in [-0.3, -0.25) is 9.48 Å². The van der Waals surface area contributed by atoms with E-state index < -0.39 is 6.04 Å². The molecule has 0 bridgehead atoms. The van der Waals surface area contributed by atoms with E-state index in [4.69, 9.17) is 5.73 Å². The van der Waals surface area contributed by atoms with E-state index >= 15 is 0 Å². The van der Waals surface area contributed by atoms with Crippen molar-refractivity contribution < 1.29 is 4.79 Å². The molecule has 16 heavy (non-hydrogen) atoms. The predicted octanol–water partition coefficient (Wildman–Crippen LogP) is 0.394. The van der Waals surface area contributed by atoms with Crippen LogP contribution in [0.3, 0.4) is 0 Å². The van der Waals surface area contributed by atoms with Gasteiger partial charge in [0.2, 0.25) is 5.91 Å². The Morgan fingerprint density at radius 2 is 2.44 bits per heavy atom. The molecular formula is C11H18N4O. The lowest BCUT2D eigenvalue weighted by Gasteiger charge is -2.33. The second kappa shape index (κ2) is 4.65. The Morgan fingerprint density at radius 1 is 1.62 bits per heavy atom. The Hall–Kier alpha value is -1.36. The Kier molecular flexibility index (Phi) is 3.24. The lowest BCUT2D eigenvalue weighted by Crippen LogP contribution is -2.47. The minimum absolute atomic E-state index is 0.0388. The van der Waals surface area contributed by atoms with Crippen LogP contribution in [-0.4, -0.2) is 39.7 Å². The van der Waals surface area contributed by atoms with Crippen molar-refractivity contribution in [2.24, 2.45) is 5.73 Å². The summed E-state index contributed by atoms with van der Waals surface area (Å²) in [5.74, 6) is 0.0388. The maximum absolute atomic E-state index is 11.8. The number of nitrogens with two attached hydrogens (primary N) is 1. The summed E-state index contributed by atoms with van der Waals surface area (Å²) in [7, 11) is 0. The highest BCUT2D eigenvalue weighted by Crippen LogP contribution is 2.20. The fourth-order valence-corrected chi connectivity index (χ4v) is 2.16. The third kappa shape index (κ3) is 2.24. The lowest BCUT2D eigenvalue weighted by molar-refractivity contribution is -0.133. The van der Waals surface area contributed by atoms with Crippen LogP contribution in [0.5, 0.6) is 0 Å². The van der Waals surface area contributed by atoms with Gasteiger partial charge in [0.15, 0.2) is 0 Å². The van der Waals surface area contributed by atoms with Gasteiger partial charge in [-0.1, -0.05) is 0 Å². The smallest absolute Gasteiger partial charge is 0.239 e. The third-order valence-corrected chi connectivity index (χ3v) is 3.00. The van der Waals surface area contributed by atoms with Gasteiger partial charge in [-0.25, -0.2) is 0 Å². The van der Waals surface area contributed by atoms with Crippen molar-refractivity contribution in [3.8, 4) is 0 Å². The molecule has 2 atom stereocenters. The van der Waals surface area contributed by atoms with Gasteiger partial charge in [-0.15, -0.1) is 0 Å². The van der Waals surface area contributed by atoms with Crippen LogP contribution in [0.25, 0.3) is 0 Å². The number of carbonyl (C=O) groups is 1. The van der Waals surface area contributed by atoms with Gasteiger partial charge in [0.05, 0.1) is 12.1 Å². The number of carbonyl (C=O) groups excluding carboxylic acids is 1. The summed E-state index contributed by atoms with van der Waals surface area (Å²) in [4.78, 5) is 13.6. The van der Waals surface area contributed by atoms with Crippen LogP contribution in [0.1, 0.15) is 25.8 Å². The van der Waals surface area contributed by atoms with E-state index in [1.165, 1.54) is 0 Å². The first-order valence-corrected chi connectivity index (χ1v) is 5.72. The number of piperidine rings is 1. The molecule has 2 N–H and O–H groups in total. The Balaban J connectivity index is 2.02. The Bertz CT molecular complexity index is 347. The van der Waals surface area contributed by atoms with Crippen molar-refractivity contribution in [1.82, 2.24) is 14.7 Å². The quantitative estimate of drug-likeness (QED) is 0.787. The minimum atomic E-state index is -0.406. The summed E-state index contributed by atoms with van der Waals surface area (Å²) in [6, 6.07) is 1.80. The summed E-state index contributed by atoms with van der Waals surface area (Å²) >= 11 is 0. The average Bonchev–Trinajstić information content (AvgIpc) is 2.81. The first-order valence-electron chi connectivity index (χ1n) is 5.72. The number of amides is 1. The normalized spacial score (nSPS) is 23.1. The molecule has 1 fully saturated rings. The number of hydrogen-bond donors (Lipinski definition) is 1. The molecule has 2 heterocycles. The van der Waals surface area contributed by atoms with Gasteiger partial charge in [0, 0.05) is 25.5 Å². The zero-order valence-corrected chi connectivity index (χ0v) is 9.54. The fraction of sp³-hybridized carbons (Fsp3) is 0.636. The first kappa shape index (κ1) is 11.1. The molecule has 2 rings (SSSR count). The molecular weight excluding hydrogens is 204 g/mol. The second-order valence-electron chi connectivity index (χ2n) is 4.36.